The van der Waals surface area contributed by atoms with E-state index in [0.717, 1.165) is 30.7 Å². The van der Waals surface area contributed by atoms with Gasteiger partial charge in [0.05, 0.1) is 6.10 Å². The third-order valence-corrected chi connectivity index (χ3v) is 4.80. The highest BCUT2D eigenvalue weighted by atomic mass is 35.5. The molecule has 0 saturated carbocycles. The van der Waals surface area contributed by atoms with Gasteiger partial charge < -0.3 is 20.1 Å². The van der Waals surface area contributed by atoms with Crippen LogP contribution in [-0.2, 0) is 11.3 Å². The summed E-state index contributed by atoms with van der Waals surface area (Å²) in [5.74, 6) is 0.272. The molecule has 6 heteroatoms. The number of anilines is 1. The summed E-state index contributed by atoms with van der Waals surface area (Å²) in [6.45, 7) is 2.01. The van der Waals surface area contributed by atoms with Crippen molar-refractivity contribution in [3.05, 3.63) is 59.1 Å². The number of para-hydroxylation sites is 1. The lowest BCUT2D eigenvalue weighted by molar-refractivity contribution is 0.0904. The van der Waals surface area contributed by atoms with Crippen LogP contribution in [0.3, 0.4) is 0 Å². The second kappa shape index (κ2) is 8.52. The Hall–Kier alpha value is -1.82. The minimum absolute atomic E-state index is 0.163. The highest BCUT2D eigenvalue weighted by Gasteiger charge is 2.22. The number of rotatable bonds is 5. The lowest BCUT2D eigenvalue weighted by Crippen LogP contribution is -2.39. The summed E-state index contributed by atoms with van der Waals surface area (Å²) >= 11 is 11.5. The quantitative estimate of drug-likeness (QED) is 0.756. The number of ether oxygens (including phenoxy) is 1. The molecule has 0 amide bonds. The van der Waals surface area contributed by atoms with Crippen molar-refractivity contribution in [3.8, 4) is 5.75 Å². The highest BCUT2D eigenvalue weighted by Crippen LogP contribution is 2.21. The Morgan fingerprint density at radius 3 is 2.68 bits per heavy atom. The smallest absolute Gasteiger partial charge is 0.173 e. The van der Waals surface area contributed by atoms with Gasteiger partial charge in [-0.25, -0.2) is 0 Å². The van der Waals surface area contributed by atoms with Crippen LogP contribution in [0.2, 0.25) is 5.02 Å². The number of nitrogens with zero attached hydrogens (tertiary/aromatic N) is 1. The Labute approximate surface area is 158 Å². The maximum atomic E-state index is 10.1. The Bertz CT molecular complexity index is 718. The molecule has 2 aromatic rings. The fourth-order valence-electron chi connectivity index (χ4n) is 2.84. The van der Waals surface area contributed by atoms with E-state index < -0.39 is 0 Å². The van der Waals surface area contributed by atoms with Crippen molar-refractivity contribution in [2.24, 2.45) is 0 Å². The van der Waals surface area contributed by atoms with Gasteiger partial charge in [-0.15, -0.1) is 0 Å². The summed E-state index contributed by atoms with van der Waals surface area (Å²) in [5, 5.41) is 14.6. The molecule has 1 aliphatic heterocycles. The van der Waals surface area contributed by atoms with Crippen molar-refractivity contribution in [3.63, 3.8) is 0 Å². The Balaban J connectivity index is 1.73. The molecule has 1 fully saturated rings. The predicted octanol–water partition coefficient (Wildman–Crippen LogP) is 4.42. The van der Waals surface area contributed by atoms with Crippen LogP contribution in [-0.4, -0.2) is 34.4 Å². The molecule has 1 saturated heterocycles. The average Bonchev–Trinajstić information content (AvgIpc) is 3.11. The topological polar surface area (TPSA) is 44.7 Å². The van der Waals surface area contributed by atoms with E-state index in [-0.39, 0.29) is 11.9 Å². The van der Waals surface area contributed by atoms with Crippen LogP contribution in [0.5, 0.6) is 5.75 Å². The molecule has 0 spiro atoms. The van der Waals surface area contributed by atoms with Crippen LogP contribution in [0, 0.1) is 0 Å². The first-order valence-electron chi connectivity index (χ1n) is 8.32. The summed E-state index contributed by atoms with van der Waals surface area (Å²) < 4.78 is 5.76. The van der Waals surface area contributed by atoms with Gasteiger partial charge in [0.2, 0.25) is 0 Å². The van der Waals surface area contributed by atoms with Crippen LogP contribution in [0.25, 0.3) is 0 Å². The number of aromatic hydroxyl groups is 1. The van der Waals surface area contributed by atoms with E-state index in [2.05, 4.69) is 5.32 Å². The molecule has 1 heterocycles. The lowest BCUT2D eigenvalue weighted by Gasteiger charge is -2.28. The van der Waals surface area contributed by atoms with E-state index in [1.165, 1.54) is 0 Å². The highest BCUT2D eigenvalue weighted by molar-refractivity contribution is 7.80. The molecule has 0 bridgehead atoms. The minimum atomic E-state index is 0.163. The van der Waals surface area contributed by atoms with Gasteiger partial charge in [-0.05, 0) is 55.4 Å². The van der Waals surface area contributed by atoms with Crippen molar-refractivity contribution in [2.75, 3.05) is 18.5 Å². The molecule has 2 N–H and O–H groups in total. The maximum absolute atomic E-state index is 10.1. The molecule has 132 valence electrons. The number of benzene rings is 2. The SMILES string of the molecule is Oc1ccccc1CN(C[C@H]1CCCO1)C(=S)Nc1ccc(Cl)cc1. The van der Waals surface area contributed by atoms with Crippen LogP contribution in [0.15, 0.2) is 48.5 Å². The van der Waals surface area contributed by atoms with Crippen molar-refractivity contribution < 1.29 is 9.84 Å². The van der Waals surface area contributed by atoms with Gasteiger partial charge in [-0.1, -0.05) is 29.8 Å². The second-order valence-corrected chi connectivity index (χ2v) is 6.90. The number of phenolic OH excluding ortho intramolecular Hbond substituents is 1. The number of hydrogen-bond donors (Lipinski definition) is 2. The molecule has 25 heavy (non-hydrogen) atoms. The normalized spacial score (nSPS) is 16.6. The number of phenols is 1. The number of thiocarbonyl (C=S) groups is 1. The zero-order valence-electron chi connectivity index (χ0n) is 13.8. The van der Waals surface area contributed by atoms with Crippen LogP contribution >= 0.6 is 23.8 Å². The summed E-state index contributed by atoms with van der Waals surface area (Å²) in [6, 6.07) is 14.7. The molecule has 4 nitrogen and oxygen atoms in total. The Kier molecular flexibility index (Phi) is 6.13. The van der Waals surface area contributed by atoms with Gasteiger partial charge in [0, 0.05) is 36.0 Å². The molecule has 0 aromatic heterocycles. The molecular formula is C19H21ClN2O2S. The Morgan fingerprint density at radius 2 is 2.00 bits per heavy atom. The molecule has 1 aliphatic rings. The van der Waals surface area contributed by atoms with Crippen LogP contribution < -0.4 is 5.32 Å². The van der Waals surface area contributed by atoms with Crippen LogP contribution in [0.4, 0.5) is 5.69 Å². The third kappa shape index (κ3) is 5.08. The number of nitrogens with one attached hydrogen (secondary N) is 1. The van der Waals surface area contributed by atoms with Gasteiger partial charge in [0.1, 0.15) is 5.75 Å². The molecule has 0 aliphatic carbocycles. The summed E-state index contributed by atoms with van der Waals surface area (Å²) in [6.07, 6.45) is 2.27. The molecule has 2 aromatic carbocycles. The molecule has 1 atom stereocenters. The predicted molar refractivity (Wildman–Crippen MR) is 105 cm³/mol. The molecular weight excluding hydrogens is 356 g/mol. The molecule has 0 unspecified atom stereocenters. The zero-order chi connectivity index (χ0) is 17.6. The van der Waals surface area contributed by atoms with Crippen molar-refractivity contribution in [1.82, 2.24) is 4.90 Å². The van der Waals surface area contributed by atoms with Crippen molar-refractivity contribution in [2.45, 2.75) is 25.5 Å². The van der Waals surface area contributed by atoms with E-state index in [4.69, 9.17) is 28.6 Å². The number of hydrogen-bond acceptors (Lipinski definition) is 3. The Morgan fingerprint density at radius 1 is 1.24 bits per heavy atom. The van der Waals surface area contributed by atoms with E-state index >= 15 is 0 Å². The molecule has 3 rings (SSSR count). The van der Waals surface area contributed by atoms with Gasteiger partial charge in [0.25, 0.3) is 0 Å². The lowest BCUT2D eigenvalue weighted by atomic mass is 10.1. The first kappa shape index (κ1) is 18.0. The first-order chi connectivity index (χ1) is 12.1. The van der Waals surface area contributed by atoms with E-state index in [1.807, 2.05) is 47.4 Å². The summed E-state index contributed by atoms with van der Waals surface area (Å²) in [7, 11) is 0. The standard InChI is InChI=1S/C19H21ClN2O2S/c20-15-7-9-16(10-8-15)21-19(25)22(13-17-5-3-11-24-17)12-14-4-1-2-6-18(14)23/h1-2,4,6-10,17,23H,3,5,11-13H2,(H,21,25)/t17-/m1/s1. The van der Waals surface area contributed by atoms with E-state index in [0.29, 0.717) is 23.2 Å². The van der Waals surface area contributed by atoms with Crippen molar-refractivity contribution in [1.29, 1.82) is 0 Å². The minimum Gasteiger partial charge on any atom is -0.508 e. The summed E-state index contributed by atoms with van der Waals surface area (Å²) in [5.41, 5.74) is 1.71. The van der Waals surface area contributed by atoms with Gasteiger partial charge in [0.15, 0.2) is 5.11 Å². The van der Waals surface area contributed by atoms with Crippen molar-refractivity contribution >= 4 is 34.6 Å². The monoisotopic (exact) mass is 376 g/mol. The van der Waals surface area contributed by atoms with Gasteiger partial charge >= 0.3 is 0 Å². The third-order valence-electron chi connectivity index (χ3n) is 4.18. The second-order valence-electron chi connectivity index (χ2n) is 6.08. The fraction of sp³-hybridized carbons (Fsp3) is 0.316. The first-order valence-corrected chi connectivity index (χ1v) is 9.10. The maximum Gasteiger partial charge on any atom is 0.173 e. The zero-order valence-corrected chi connectivity index (χ0v) is 15.4. The summed E-state index contributed by atoms with van der Waals surface area (Å²) in [4.78, 5) is 2.04. The van der Waals surface area contributed by atoms with E-state index in [9.17, 15) is 5.11 Å². The van der Waals surface area contributed by atoms with Gasteiger partial charge in [-0.3, -0.25) is 0 Å². The average molecular weight is 377 g/mol. The van der Waals surface area contributed by atoms with Crippen LogP contribution in [0.1, 0.15) is 18.4 Å². The molecule has 0 radical (unpaired) electrons. The largest absolute Gasteiger partial charge is 0.508 e. The van der Waals surface area contributed by atoms with E-state index in [1.54, 1.807) is 6.07 Å². The number of halogens is 1. The fourth-order valence-corrected chi connectivity index (χ4v) is 3.22. The van der Waals surface area contributed by atoms with Gasteiger partial charge in [-0.2, -0.15) is 0 Å².